The highest BCUT2D eigenvalue weighted by molar-refractivity contribution is 5.98. The molecule has 106 valence electrons. The Morgan fingerprint density at radius 1 is 1.11 bits per heavy atom. The molecule has 0 spiro atoms. The van der Waals surface area contributed by atoms with Gasteiger partial charge in [0.1, 0.15) is 5.70 Å². The SMILES string of the molecule is CC(=O)N1C=C(C(=O)NC(C)(C)C)N(C(C)=O)CC1. The summed E-state index contributed by atoms with van der Waals surface area (Å²) in [6.07, 6.45) is 1.44. The van der Waals surface area contributed by atoms with Gasteiger partial charge in [-0.05, 0) is 20.8 Å². The Morgan fingerprint density at radius 2 is 1.68 bits per heavy atom. The van der Waals surface area contributed by atoms with Gasteiger partial charge < -0.3 is 15.1 Å². The van der Waals surface area contributed by atoms with Crippen molar-refractivity contribution in [2.45, 2.75) is 40.2 Å². The molecule has 1 heterocycles. The molecule has 1 aliphatic heterocycles. The smallest absolute Gasteiger partial charge is 0.269 e. The molecule has 0 saturated carbocycles. The third kappa shape index (κ3) is 4.08. The van der Waals surface area contributed by atoms with Gasteiger partial charge in [-0.15, -0.1) is 0 Å². The molecule has 19 heavy (non-hydrogen) atoms. The Balaban J connectivity index is 3.03. The summed E-state index contributed by atoms with van der Waals surface area (Å²) in [5.74, 6) is -0.712. The van der Waals surface area contributed by atoms with E-state index in [-0.39, 0.29) is 23.4 Å². The zero-order chi connectivity index (χ0) is 14.8. The molecule has 0 aromatic carbocycles. The number of carbonyl (C=O) groups is 3. The van der Waals surface area contributed by atoms with Crippen molar-refractivity contribution in [2.24, 2.45) is 0 Å². The predicted octanol–water partition coefficient (Wildman–Crippen LogP) is 0.453. The second kappa shape index (κ2) is 5.42. The fraction of sp³-hybridized carbons (Fsp3) is 0.615. The van der Waals surface area contributed by atoms with E-state index in [4.69, 9.17) is 0 Å². The Morgan fingerprint density at radius 3 is 2.11 bits per heavy atom. The number of hydrogen-bond acceptors (Lipinski definition) is 3. The lowest BCUT2D eigenvalue weighted by molar-refractivity contribution is -0.134. The Hall–Kier alpha value is -1.85. The summed E-state index contributed by atoms with van der Waals surface area (Å²) < 4.78 is 0. The van der Waals surface area contributed by atoms with Gasteiger partial charge in [-0.2, -0.15) is 0 Å². The topological polar surface area (TPSA) is 69.7 Å². The number of nitrogens with zero attached hydrogens (tertiary/aromatic N) is 2. The molecule has 3 amide bonds. The normalized spacial score (nSPS) is 15.9. The van der Waals surface area contributed by atoms with E-state index in [2.05, 4.69) is 5.32 Å². The van der Waals surface area contributed by atoms with Crippen LogP contribution < -0.4 is 5.32 Å². The van der Waals surface area contributed by atoms with Crippen molar-refractivity contribution in [3.8, 4) is 0 Å². The molecule has 6 nitrogen and oxygen atoms in total. The third-order valence-corrected chi connectivity index (χ3v) is 2.64. The summed E-state index contributed by atoms with van der Waals surface area (Å²) in [5.41, 5.74) is -0.192. The van der Waals surface area contributed by atoms with E-state index in [9.17, 15) is 14.4 Å². The Labute approximate surface area is 113 Å². The predicted molar refractivity (Wildman–Crippen MR) is 70.8 cm³/mol. The van der Waals surface area contributed by atoms with Gasteiger partial charge in [0.25, 0.3) is 5.91 Å². The standard InChI is InChI=1S/C13H21N3O3/c1-9(17)15-6-7-16(10(2)18)11(8-15)12(19)14-13(3,4)5/h8H,6-7H2,1-5H3,(H,14,19). The van der Waals surface area contributed by atoms with E-state index in [1.807, 2.05) is 20.8 Å². The molecule has 1 aliphatic rings. The zero-order valence-electron chi connectivity index (χ0n) is 12.1. The molecule has 0 aromatic rings. The van der Waals surface area contributed by atoms with Crippen LogP contribution in [0.3, 0.4) is 0 Å². The molecule has 0 atom stereocenters. The molecule has 0 aromatic heterocycles. The van der Waals surface area contributed by atoms with E-state index < -0.39 is 5.54 Å². The van der Waals surface area contributed by atoms with Crippen molar-refractivity contribution in [2.75, 3.05) is 13.1 Å². The summed E-state index contributed by atoms with van der Waals surface area (Å²) in [6, 6.07) is 0. The molecule has 0 radical (unpaired) electrons. The third-order valence-electron chi connectivity index (χ3n) is 2.64. The van der Waals surface area contributed by atoms with E-state index >= 15 is 0 Å². The first-order valence-electron chi connectivity index (χ1n) is 6.21. The van der Waals surface area contributed by atoms with Crippen LogP contribution in [0.5, 0.6) is 0 Å². The fourth-order valence-corrected chi connectivity index (χ4v) is 1.77. The lowest BCUT2D eigenvalue weighted by atomic mass is 10.1. The van der Waals surface area contributed by atoms with Crippen LogP contribution in [-0.4, -0.2) is 46.1 Å². The Kier molecular flexibility index (Phi) is 4.34. The molecule has 0 saturated heterocycles. The van der Waals surface area contributed by atoms with Crippen molar-refractivity contribution in [1.29, 1.82) is 0 Å². The first-order chi connectivity index (χ1) is 8.61. The molecule has 0 bridgehead atoms. The van der Waals surface area contributed by atoms with Crippen LogP contribution in [0.1, 0.15) is 34.6 Å². The van der Waals surface area contributed by atoms with Gasteiger partial charge in [-0.1, -0.05) is 0 Å². The first kappa shape index (κ1) is 15.2. The van der Waals surface area contributed by atoms with Gasteiger partial charge in [0.05, 0.1) is 0 Å². The Bertz CT molecular complexity index is 435. The van der Waals surface area contributed by atoms with E-state index in [0.717, 1.165) is 0 Å². The summed E-state index contributed by atoms with van der Waals surface area (Å²) in [4.78, 5) is 37.9. The van der Waals surface area contributed by atoms with Crippen LogP contribution in [0.15, 0.2) is 11.9 Å². The van der Waals surface area contributed by atoms with Crippen LogP contribution in [0, 0.1) is 0 Å². The maximum absolute atomic E-state index is 12.2. The first-order valence-corrected chi connectivity index (χ1v) is 6.21. The van der Waals surface area contributed by atoms with Crippen LogP contribution in [0.4, 0.5) is 0 Å². The monoisotopic (exact) mass is 267 g/mol. The number of carbonyl (C=O) groups excluding carboxylic acids is 3. The molecule has 0 aliphatic carbocycles. The van der Waals surface area contributed by atoms with Crippen molar-refractivity contribution < 1.29 is 14.4 Å². The number of nitrogens with one attached hydrogen (secondary N) is 1. The highest BCUT2D eigenvalue weighted by Crippen LogP contribution is 2.14. The van der Waals surface area contributed by atoms with Gasteiger partial charge in [0.2, 0.25) is 11.8 Å². The lowest BCUT2D eigenvalue weighted by Gasteiger charge is -2.33. The summed E-state index contributed by atoms with van der Waals surface area (Å²) in [7, 11) is 0. The molecule has 0 unspecified atom stereocenters. The number of rotatable bonds is 1. The zero-order valence-corrected chi connectivity index (χ0v) is 12.1. The maximum Gasteiger partial charge on any atom is 0.269 e. The molecule has 6 heteroatoms. The minimum atomic E-state index is -0.404. The fourth-order valence-electron chi connectivity index (χ4n) is 1.77. The summed E-state index contributed by atoms with van der Waals surface area (Å²) in [6.45, 7) is 9.14. The lowest BCUT2D eigenvalue weighted by Crippen LogP contribution is -2.50. The largest absolute Gasteiger partial charge is 0.346 e. The van der Waals surface area contributed by atoms with Crippen LogP contribution in [0.2, 0.25) is 0 Å². The van der Waals surface area contributed by atoms with E-state index in [0.29, 0.717) is 13.1 Å². The van der Waals surface area contributed by atoms with Crippen molar-refractivity contribution in [3.63, 3.8) is 0 Å². The van der Waals surface area contributed by atoms with Crippen LogP contribution in [0.25, 0.3) is 0 Å². The van der Waals surface area contributed by atoms with Gasteiger partial charge in [0.15, 0.2) is 0 Å². The van der Waals surface area contributed by atoms with Gasteiger partial charge >= 0.3 is 0 Å². The van der Waals surface area contributed by atoms with Crippen molar-refractivity contribution in [1.82, 2.24) is 15.1 Å². The second-order valence-electron chi connectivity index (χ2n) is 5.60. The average molecular weight is 267 g/mol. The average Bonchev–Trinajstić information content (AvgIpc) is 2.25. The molecule has 0 fully saturated rings. The summed E-state index contributed by atoms with van der Waals surface area (Å²) >= 11 is 0. The molecule has 1 rings (SSSR count). The molecular weight excluding hydrogens is 246 g/mol. The quantitative estimate of drug-likeness (QED) is 0.750. The van der Waals surface area contributed by atoms with Gasteiger partial charge in [0, 0.05) is 38.7 Å². The van der Waals surface area contributed by atoms with Gasteiger partial charge in [-0.3, -0.25) is 14.4 Å². The van der Waals surface area contributed by atoms with Gasteiger partial charge in [-0.25, -0.2) is 0 Å². The highest BCUT2D eigenvalue weighted by atomic mass is 16.2. The number of hydrogen-bond donors (Lipinski definition) is 1. The second-order valence-corrected chi connectivity index (χ2v) is 5.60. The maximum atomic E-state index is 12.2. The minimum Gasteiger partial charge on any atom is -0.346 e. The van der Waals surface area contributed by atoms with E-state index in [1.165, 1.54) is 29.8 Å². The van der Waals surface area contributed by atoms with Crippen LogP contribution >= 0.6 is 0 Å². The number of amides is 3. The molecule has 1 N–H and O–H groups in total. The highest BCUT2D eigenvalue weighted by Gasteiger charge is 2.29. The van der Waals surface area contributed by atoms with Crippen molar-refractivity contribution in [3.05, 3.63) is 11.9 Å². The summed E-state index contributed by atoms with van der Waals surface area (Å²) in [5, 5.41) is 2.79. The molecular formula is C13H21N3O3. The van der Waals surface area contributed by atoms with Crippen LogP contribution in [-0.2, 0) is 14.4 Å². The minimum absolute atomic E-state index is 0.149. The van der Waals surface area contributed by atoms with Crippen molar-refractivity contribution >= 4 is 17.7 Å². The van der Waals surface area contributed by atoms with E-state index in [1.54, 1.807) is 0 Å².